The van der Waals surface area contributed by atoms with E-state index in [0.29, 0.717) is 6.61 Å². The monoisotopic (exact) mass is 321 g/mol. The largest absolute Gasteiger partial charge is 0.497 e. The van der Waals surface area contributed by atoms with Crippen molar-refractivity contribution in [3.05, 3.63) is 24.3 Å². The molecule has 0 radical (unpaired) electrons. The van der Waals surface area contributed by atoms with E-state index in [-0.39, 0.29) is 11.7 Å². The van der Waals surface area contributed by atoms with E-state index in [2.05, 4.69) is 4.90 Å². The van der Waals surface area contributed by atoms with Crippen LogP contribution in [0.25, 0.3) is 0 Å². The van der Waals surface area contributed by atoms with Crippen LogP contribution in [0.5, 0.6) is 11.5 Å². The molecule has 128 valence electrons. The number of nitrogens with zero attached hydrogens (tertiary/aromatic N) is 1. The topological polar surface area (TPSA) is 51.2 Å². The van der Waals surface area contributed by atoms with Gasteiger partial charge < -0.3 is 19.3 Å². The van der Waals surface area contributed by atoms with E-state index in [9.17, 15) is 5.11 Å². The van der Waals surface area contributed by atoms with Gasteiger partial charge in [-0.25, -0.2) is 0 Å². The molecule has 1 atom stereocenters. The van der Waals surface area contributed by atoms with E-state index >= 15 is 0 Å². The Hall–Kier alpha value is -1.30. The summed E-state index contributed by atoms with van der Waals surface area (Å²) < 4.78 is 16.9. The predicted octanol–water partition coefficient (Wildman–Crippen LogP) is 2.08. The summed E-state index contributed by atoms with van der Waals surface area (Å²) in [6.45, 7) is 4.25. The first-order valence-corrected chi connectivity index (χ1v) is 8.53. The van der Waals surface area contributed by atoms with Crippen molar-refractivity contribution in [1.82, 2.24) is 4.90 Å². The van der Waals surface area contributed by atoms with Gasteiger partial charge in [-0.3, -0.25) is 4.90 Å². The van der Waals surface area contributed by atoms with Crippen LogP contribution in [0.1, 0.15) is 25.7 Å². The molecule has 0 amide bonds. The van der Waals surface area contributed by atoms with Crippen LogP contribution in [0.3, 0.4) is 0 Å². The van der Waals surface area contributed by atoms with Gasteiger partial charge in [0.15, 0.2) is 0 Å². The molecule has 3 rings (SSSR count). The van der Waals surface area contributed by atoms with E-state index in [4.69, 9.17) is 14.2 Å². The number of hydrogen-bond acceptors (Lipinski definition) is 5. The van der Waals surface area contributed by atoms with Crippen LogP contribution in [0.15, 0.2) is 24.3 Å². The molecule has 5 heteroatoms. The number of aliphatic hydroxyl groups excluding tert-OH is 1. The first-order valence-electron chi connectivity index (χ1n) is 8.53. The van der Waals surface area contributed by atoms with Crippen molar-refractivity contribution in [2.75, 3.05) is 40.0 Å². The van der Waals surface area contributed by atoms with E-state index in [1.54, 1.807) is 7.11 Å². The average Bonchev–Trinajstić information content (AvgIpc) is 2.60. The number of ether oxygens (including phenoxy) is 3. The third-order valence-electron chi connectivity index (χ3n) is 5.04. The molecule has 2 fully saturated rings. The van der Waals surface area contributed by atoms with Crippen molar-refractivity contribution in [3.63, 3.8) is 0 Å². The van der Waals surface area contributed by atoms with Gasteiger partial charge in [-0.1, -0.05) is 6.07 Å². The van der Waals surface area contributed by atoms with Gasteiger partial charge in [-0.05, 0) is 37.8 Å². The van der Waals surface area contributed by atoms with Crippen LogP contribution in [-0.4, -0.2) is 61.7 Å². The standard InChI is InChI=1S/C18H27NO4/c1-21-15-4-2-5-16(14-15)22-13-11-19-9-7-18(8-10-19)17(20)6-3-12-23-18/h2,4-5,14,17,20H,3,6-13H2,1H3/t17-/m0/s1. The minimum absolute atomic E-state index is 0.289. The lowest BCUT2D eigenvalue weighted by Gasteiger charge is -2.46. The highest BCUT2D eigenvalue weighted by Gasteiger charge is 2.43. The molecule has 1 aromatic rings. The third-order valence-corrected chi connectivity index (χ3v) is 5.04. The normalized spacial score (nSPS) is 24.5. The number of aliphatic hydroxyl groups is 1. The second-order valence-electron chi connectivity index (χ2n) is 6.44. The lowest BCUT2D eigenvalue weighted by Crippen LogP contribution is -2.55. The predicted molar refractivity (Wildman–Crippen MR) is 88.1 cm³/mol. The fourth-order valence-electron chi connectivity index (χ4n) is 3.53. The van der Waals surface area contributed by atoms with Gasteiger partial charge in [0.05, 0.1) is 18.8 Å². The Kier molecular flexibility index (Phi) is 5.41. The number of methoxy groups -OCH3 is 1. The van der Waals surface area contributed by atoms with Crippen molar-refractivity contribution >= 4 is 0 Å². The third kappa shape index (κ3) is 3.97. The Morgan fingerprint density at radius 1 is 1.30 bits per heavy atom. The number of piperidine rings is 1. The maximum atomic E-state index is 10.3. The van der Waals surface area contributed by atoms with Gasteiger partial charge in [-0.15, -0.1) is 0 Å². The smallest absolute Gasteiger partial charge is 0.123 e. The Labute approximate surface area is 138 Å². The first-order chi connectivity index (χ1) is 11.2. The van der Waals surface area contributed by atoms with Gasteiger partial charge in [0.1, 0.15) is 18.1 Å². The zero-order valence-electron chi connectivity index (χ0n) is 13.9. The number of rotatable bonds is 5. The maximum Gasteiger partial charge on any atom is 0.123 e. The summed E-state index contributed by atoms with van der Waals surface area (Å²) in [6, 6.07) is 7.68. The summed E-state index contributed by atoms with van der Waals surface area (Å²) in [5.41, 5.74) is -0.289. The molecule has 0 unspecified atom stereocenters. The molecular formula is C18H27NO4. The first kappa shape index (κ1) is 16.6. The molecule has 2 saturated heterocycles. The molecule has 5 nitrogen and oxygen atoms in total. The highest BCUT2D eigenvalue weighted by molar-refractivity contribution is 5.32. The van der Waals surface area contributed by atoms with Gasteiger partial charge in [0, 0.05) is 32.3 Å². The molecule has 0 bridgehead atoms. The molecule has 2 aliphatic rings. The van der Waals surface area contributed by atoms with Gasteiger partial charge >= 0.3 is 0 Å². The molecule has 0 aliphatic carbocycles. The van der Waals surface area contributed by atoms with Crippen LogP contribution < -0.4 is 9.47 Å². The minimum atomic E-state index is -0.300. The number of hydrogen-bond donors (Lipinski definition) is 1. The molecule has 2 heterocycles. The lowest BCUT2D eigenvalue weighted by atomic mass is 9.82. The molecular weight excluding hydrogens is 294 g/mol. The molecule has 23 heavy (non-hydrogen) atoms. The minimum Gasteiger partial charge on any atom is -0.497 e. The van der Waals surface area contributed by atoms with Crippen molar-refractivity contribution in [3.8, 4) is 11.5 Å². The van der Waals surface area contributed by atoms with Crippen molar-refractivity contribution in [2.45, 2.75) is 37.4 Å². The molecule has 2 aliphatic heterocycles. The second kappa shape index (κ2) is 7.51. The summed E-state index contributed by atoms with van der Waals surface area (Å²) in [5, 5.41) is 10.3. The van der Waals surface area contributed by atoms with Crippen LogP contribution in [0.4, 0.5) is 0 Å². The molecule has 0 aromatic heterocycles. The van der Waals surface area contributed by atoms with Crippen molar-refractivity contribution < 1.29 is 19.3 Å². The second-order valence-corrected chi connectivity index (χ2v) is 6.44. The maximum absolute atomic E-state index is 10.3. The lowest BCUT2D eigenvalue weighted by molar-refractivity contribution is -0.177. The zero-order chi connectivity index (χ0) is 16.1. The fraction of sp³-hybridized carbons (Fsp3) is 0.667. The highest BCUT2D eigenvalue weighted by Crippen LogP contribution is 2.35. The number of likely N-dealkylation sites (tertiary alicyclic amines) is 1. The molecule has 0 saturated carbocycles. The average molecular weight is 321 g/mol. The van der Waals surface area contributed by atoms with Crippen LogP contribution in [0, 0.1) is 0 Å². The summed E-state index contributed by atoms with van der Waals surface area (Å²) in [5.74, 6) is 1.65. The Balaban J connectivity index is 1.42. The van der Waals surface area contributed by atoms with Crippen LogP contribution in [0.2, 0.25) is 0 Å². The molecule has 1 aromatic carbocycles. The van der Waals surface area contributed by atoms with Crippen molar-refractivity contribution in [1.29, 1.82) is 0 Å². The van der Waals surface area contributed by atoms with Gasteiger partial charge in [0.2, 0.25) is 0 Å². The van der Waals surface area contributed by atoms with E-state index in [1.807, 2.05) is 24.3 Å². The zero-order valence-corrected chi connectivity index (χ0v) is 13.9. The Morgan fingerprint density at radius 2 is 2.09 bits per heavy atom. The Morgan fingerprint density at radius 3 is 2.83 bits per heavy atom. The van der Waals surface area contributed by atoms with Crippen molar-refractivity contribution in [2.24, 2.45) is 0 Å². The fourth-order valence-corrected chi connectivity index (χ4v) is 3.53. The van der Waals surface area contributed by atoms with E-state index < -0.39 is 0 Å². The van der Waals surface area contributed by atoms with E-state index in [1.165, 1.54) is 0 Å². The van der Waals surface area contributed by atoms with Gasteiger partial charge in [-0.2, -0.15) is 0 Å². The van der Waals surface area contributed by atoms with Gasteiger partial charge in [0.25, 0.3) is 0 Å². The van der Waals surface area contributed by atoms with Crippen LogP contribution in [-0.2, 0) is 4.74 Å². The summed E-state index contributed by atoms with van der Waals surface area (Å²) >= 11 is 0. The summed E-state index contributed by atoms with van der Waals surface area (Å²) in [4.78, 5) is 2.39. The molecule has 1 spiro atoms. The number of benzene rings is 1. The van der Waals surface area contributed by atoms with E-state index in [0.717, 1.165) is 63.4 Å². The summed E-state index contributed by atoms with van der Waals surface area (Å²) in [6.07, 6.45) is 3.37. The van der Waals surface area contributed by atoms with Crippen LogP contribution >= 0.6 is 0 Å². The molecule has 1 N–H and O–H groups in total. The summed E-state index contributed by atoms with van der Waals surface area (Å²) in [7, 11) is 1.66. The highest BCUT2D eigenvalue weighted by atomic mass is 16.5. The quantitative estimate of drug-likeness (QED) is 0.900. The Bertz CT molecular complexity index is 500. The SMILES string of the molecule is COc1cccc(OCCN2CCC3(CC2)OCCC[C@@H]3O)c1.